The number of halogens is 6. The van der Waals surface area contributed by atoms with Gasteiger partial charge in [0, 0.05) is 29.6 Å². The monoisotopic (exact) mass is 471 g/mol. The number of aryl methyl sites for hydroxylation is 2. The van der Waals surface area contributed by atoms with Gasteiger partial charge in [0.1, 0.15) is 18.0 Å². The molecule has 0 aliphatic carbocycles. The van der Waals surface area contributed by atoms with E-state index in [1.807, 2.05) is 0 Å². The van der Waals surface area contributed by atoms with Crippen molar-refractivity contribution in [1.29, 1.82) is 0 Å². The number of alkyl halides is 6. The van der Waals surface area contributed by atoms with Gasteiger partial charge in [-0.25, -0.2) is 19.6 Å². The second-order valence-corrected chi connectivity index (χ2v) is 6.71. The zero-order valence-electron chi connectivity index (χ0n) is 17.0. The molecule has 0 fully saturated rings. The highest BCUT2D eigenvalue weighted by molar-refractivity contribution is 5.90. The van der Waals surface area contributed by atoms with E-state index in [2.05, 4.69) is 30.9 Å². The number of hydrazine groups is 1. The van der Waals surface area contributed by atoms with E-state index in [1.165, 1.54) is 0 Å². The highest BCUT2D eigenvalue weighted by Crippen LogP contribution is 2.38. The summed E-state index contributed by atoms with van der Waals surface area (Å²) in [6.45, 7) is 3.41. The average Bonchev–Trinajstić information content (AvgIpc) is 3.17. The van der Waals surface area contributed by atoms with Gasteiger partial charge in [0.15, 0.2) is 5.82 Å². The molecule has 174 valence electrons. The Labute approximate surface area is 182 Å². The van der Waals surface area contributed by atoms with Crippen LogP contribution in [-0.4, -0.2) is 30.6 Å². The van der Waals surface area contributed by atoms with Crippen LogP contribution in [0.2, 0.25) is 0 Å². The Morgan fingerprint density at radius 1 is 0.970 bits per heavy atom. The zero-order chi connectivity index (χ0) is 24.4. The third-order valence-corrected chi connectivity index (χ3v) is 4.01. The molecule has 2 heterocycles. The van der Waals surface area contributed by atoms with Crippen molar-refractivity contribution in [2.75, 3.05) is 5.43 Å². The summed E-state index contributed by atoms with van der Waals surface area (Å²) in [6, 6.07) is 2.63. The lowest BCUT2D eigenvalue weighted by Gasteiger charge is -2.13. The van der Waals surface area contributed by atoms with E-state index >= 15 is 0 Å². The van der Waals surface area contributed by atoms with Crippen LogP contribution in [0.5, 0.6) is 0 Å². The van der Waals surface area contributed by atoms with Crippen LogP contribution in [0.3, 0.4) is 0 Å². The number of nitrogens with one attached hydrogen (secondary N) is 2. The third-order valence-electron chi connectivity index (χ3n) is 4.01. The van der Waals surface area contributed by atoms with Crippen molar-refractivity contribution < 1.29 is 31.1 Å². The first-order valence-corrected chi connectivity index (χ1v) is 9.09. The summed E-state index contributed by atoms with van der Waals surface area (Å²) in [6.07, 6.45) is -6.84. The molecule has 14 heteroatoms. The van der Waals surface area contributed by atoms with Crippen LogP contribution < -0.4 is 10.9 Å². The molecule has 8 nitrogen and oxygen atoms in total. The number of carbonyl (C=O) groups excluding carboxylic acids is 1. The number of anilines is 1. The third kappa shape index (κ3) is 6.27. The molecule has 33 heavy (non-hydrogen) atoms. The van der Waals surface area contributed by atoms with E-state index < -0.39 is 35.0 Å². The summed E-state index contributed by atoms with van der Waals surface area (Å²) in [4.78, 5) is 23.8. The van der Waals surface area contributed by atoms with E-state index in [4.69, 9.17) is 0 Å². The first kappa shape index (κ1) is 23.7. The zero-order valence-corrected chi connectivity index (χ0v) is 17.0. The second-order valence-electron chi connectivity index (χ2n) is 6.71. The van der Waals surface area contributed by atoms with Crippen molar-refractivity contribution in [3.8, 4) is 11.4 Å². The normalized spacial score (nSPS) is 12.2. The Bertz CT molecular complexity index is 1150. The van der Waals surface area contributed by atoms with E-state index in [-0.39, 0.29) is 11.9 Å². The van der Waals surface area contributed by atoms with Gasteiger partial charge >= 0.3 is 12.4 Å². The standard InChI is InChI=1S/C19H15F6N7O/c1-10-5-15(28-11(2)27-10)29-30-16(33)3-4-32-9-26-17(31-32)12-6-13(18(20,21)22)8-14(7-12)19(23,24)25/h3-9H,1-2H3,(H,30,33)(H,27,28,29). The van der Waals surface area contributed by atoms with Gasteiger partial charge < -0.3 is 0 Å². The Morgan fingerprint density at radius 2 is 1.61 bits per heavy atom. The smallest absolute Gasteiger partial charge is 0.282 e. The van der Waals surface area contributed by atoms with Gasteiger partial charge in [-0.15, -0.1) is 5.10 Å². The number of nitrogens with zero attached hydrogens (tertiary/aromatic N) is 5. The van der Waals surface area contributed by atoms with Crippen LogP contribution in [0.4, 0.5) is 32.2 Å². The highest BCUT2D eigenvalue weighted by atomic mass is 19.4. The molecule has 2 N–H and O–H groups in total. The maximum Gasteiger partial charge on any atom is 0.416 e. The summed E-state index contributed by atoms with van der Waals surface area (Å²) >= 11 is 0. The predicted octanol–water partition coefficient (Wildman–Crippen LogP) is 4.00. The maximum atomic E-state index is 13.0. The number of carbonyl (C=O) groups is 1. The van der Waals surface area contributed by atoms with E-state index in [0.29, 0.717) is 29.5 Å². The SMILES string of the molecule is Cc1cc(NNC(=O)C=Cn2cnc(-c3cc(C(F)(F)F)cc(C(F)(F)F)c3)n2)nc(C)n1. The lowest BCUT2D eigenvalue weighted by atomic mass is 10.0. The van der Waals surface area contributed by atoms with Crippen molar-refractivity contribution in [1.82, 2.24) is 30.2 Å². The molecule has 1 aromatic carbocycles. The lowest BCUT2D eigenvalue weighted by molar-refractivity contribution is -0.143. The first-order chi connectivity index (χ1) is 15.3. The molecule has 0 saturated carbocycles. The van der Waals surface area contributed by atoms with Crippen molar-refractivity contribution >= 4 is 17.9 Å². The Morgan fingerprint density at radius 3 is 2.18 bits per heavy atom. The second kappa shape index (κ2) is 8.88. The van der Waals surface area contributed by atoms with Gasteiger partial charge in [-0.2, -0.15) is 26.3 Å². The van der Waals surface area contributed by atoms with Gasteiger partial charge in [-0.3, -0.25) is 15.6 Å². The molecule has 0 saturated heterocycles. The fraction of sp³-hybridized carbons (Fsp3) is 0.211. The van der Waals surface area contributed by atoms with Crippen molar-refractivity contribution in [3.05, 3.63) is 59.3 Å². The molecule has 0 aliphatic rings. The molecule has 0 aliphatic heterocycles. The predicted molar refractivity (Wildman–Crippen MR) is 104 cm³/mol. The van der Waals surface area contributed by atoms with Crippen molar-refractivity contribution in [3.63, 3.8) is 0 Å². The topological polar surface area (TPSA) is 97.6 Å². The quantitative estimate of drug-likeness (QED) is 0.332. The van der Waals surface area contributed by atoms with Crippen molar-refractivity contribution in [2.45, 2.75) is 26.2 Å². The van der Waals surface area contributed by atoms with E-state index in [1.54, 1.807) is 19.9 Å². The minimum Gasteiger partial charge on any atom is -0.282 e. The molecule has 0 radical (unpaired) electrons. The van der Waals surface area contributed by atoms with Crippen molar-refractivity contribution in [2.24, 2.45) is 0 Å². The number of rotatable bonds is 5. The van der Waals surface area contributed by atoms with Gasteiger partial charge in [-0.05, 0) is 32.0 Å². The molecule has 1 amide bonds. The van der Waals surface area contributed by atoms with Gasteiger partial charge in [0.2, 0.25) is 0 Å². The molecule has 0 bridgehead atoms. The summed E-state index contributed by atoms with van der Waals surface area (Å²) in [7, 11) is 0. The Balaban J connectivity index is 1.75. The van der Waals surface area contributed by atoms with Crippen LogP contribution in [0.15, 0.2) is 36.7 Å². The molecule has 0 unspecified atom stereocenters. The highest BCUT2D eigenvalue weighted by Gasteiger charge is 2.37. The van der Waals surface area contributed by atoms with E-state index in [0.717, 1.165) is 23.3 Å². The average molecular weight is 471 g/mol. The summed E-state index contributed by atoms with van der Waals surface area (Å²) in [5, 5.41) is 3.80. The molecular weight excluding hydrogens is 456 g/mol. The molecule has 3 aromatic rings. The van der Waals surface area contributed by atoms with Crippen LogP contribution in [0.25, 0.3) is 17.6 Å². The summed E-state index contributed by atoms with van der Waals surface area (Å²) in [5.41, 5.74) is 2.13. The molecule has 2 aromatic heterocycles. The minimum absolute atomic E-state index is 0.0123. The molecule has 0 spiro atoms. The Hall–Kier alpha value is -3.97. The molecule has 3 rings (SSSR count). The van der Waals surface area contributed by atoms with E-state index in [9.17, 15) is 31.1 Å². The summed E-state index contributed by atoms with van der Waals surface area (Å²) in [5.74, 6) is -0.198. The number of amides is 1. The van der Waals surface area contributed by atoms with Crippen LogP contribution in [0, 0.1) is 13.8 Å². The summed E-state index contributed by atoms with van der Waals surface area (Å²) < 4.78 is 79.1. The van der Waals surface area contributed by atoms with Gasteiger partial charge in [0.25, 0.3) is 5.91 Å². The van der Waals surface area contributed by atoms with Crippen LogP contribution in [-0.2, 0) is 17.1 Å². The number of hydrogen-bond acceptors (Lipinski definition) is 6. The number of aromatic nitrogens is 5. The van der Waals surface area contributed by atoms with Gasteiger partial charge in [-0.1, -0.05) is 0 Å². The van der Waals surface area contributed by atoms with Crippen LogP contribution in [0.1, 0.15) is 22.6 Å². The van der Waals surface area contributed by atoms with Gasteiger partial charge in [0.05, 0.1) is 11.1 Å². The van der Waals surface area contributed by atoms with Crippen LogP contribution >= 0.6 is 0 Å². The molecule has 0 atom stereocenters. The largest absolute Gasteiger partial charge is 0.416 e. The number of benzene rings is 1. The fourth-order valence-corrected chi connectivity index (χ4v) is 2.66. The Kier molecular flexibility index (Phi) is 6.37. The fourth-order valence-electron chi connectivity index (χ4n) is 2.66. The molecular formula is C19H15F6N7O. The number of hydrogen-bond donors (Lipinski definition) is 2. The minimum atomic E-state index is -5.00. The lowest BCUT2D eigenvalue weighted by Crippen LogP contribution is -2.28. The first-order valence-electron chi connectivity index (χ1n) is 9.09. The maximum absolute atomic E-state index is 13.0.